The summed E-state index contributed by atoms with van der Waals surface area (Å²) in [6.45, 7) is 2.47. The molecule has 54 heavy (non-hydrogen) atoms. The largest absolute Gasteiger partial charge is 0.512 e. The molecule has 2 aromatic carbocycles. The molecule has 2 atom stereocenters. The highest BCUT2D eigenvalue weighted by atomic mass is 32.2. The number of hydrogen-bond donors (Lipinski definition) is 9. The average Bonchev–Trinajstić information content (AvgIpc) is 3.53. The number of sulfone groups is 1. The Hall–Kier alpha value is -6.27. The molecule has 2 aliphatic heterocycles. The van der Waals surface area contributed by atoms with Crippen LogP contribution >= 0.6 is 23.1 Å². The Balaban J connectivity index is 1.31. The predicted molar refractivity (Wildman–Crippen MR) is 187 cm³/mol. The predicted octanol–water partition coefficient (Wildman–Crippen LogP) is 0.288. The number of fused-ring (bicyclic) bond motifs is 1. The molecule has 1 saturated heterocycles. The van der Waals surface area contributed by atoms with E-state index >= 15 is 0 Å². The van der Waals surface area contributed by atoms with E-state index in [4.69, 9.17) is 15.3 Å². The van der Waals surface area contributed by atoms with Gasteiger partial charge in [-0.1, -0.05) is 5.16 Å². The molecule has 3 aromatic rings. The minimum Gasteiger partial charge on any atom is -0.504 e. The molecule has 0 unspecified atom stereocenters. The van der Waals surface area contributed by atoms with Gasteiger partial charge in [0.2, 0.25) is 11.5 Å². The summed E-state index contributed by atoms with van der Waals surface area (Å²) in [6.07, 6.45) is -1.85. The molecule has 0 spiro atoms. The summed E-state index contributed by atoms with van der Waals surface area (Å²) >= 11 is 1.90. The first-order valence-electron chi connectivity index (χ1n) is 15.0. The van der Waals surface area contributed by atoms with Gasteiger partial charge in [0.05, 0.1) is 10.6 Å². The van der Waals surface area contributed by atoms with Crippen molar-refractivity contribution in [3.8, 4) is 23.0 Å². The number of nitrogens with one attached hydrogen (secondary N) is 3. The lowest BCUT2D eigenvalue weighted by atomic mass is 10.1. The number of oxime groups is 1. The molecule has 0 saturated carbocycles. The number of hydrogen-bond acceptors (Lipinski definition) is 18. The monoisotopic (exact) mass is 807 g/mol. The number of nitrogens with zero attached hydrogens (tertiary/aromatic N) is 3. The quantitative estimate of drug-likeness (QED) is 0.0413. The number of amides is 4. The third kappa shape index (κ3) is 8.18. The van der Waals surface area contributed by atoms with Gasteiger partial charge in [-0.05, 0) is 44.2 Å². The maximum absolute atomic E-state index is 13.6. The van der Waals surface area contributed by atoms with E-state index in [2.05, 4.69) is 26.3 Å². The van der Waals surface area contributed by atoms with E-state index in [1.165, 1.54) is 25.3 Å². The van der Waals surface area contributed by atoms with Crippen molar-refractivity contribution in [2.45, 2.75) is 35.8 Å². The van der Waals surface area contributed by atoms with Crippen molar-refractivity contribution in [2.75, 3.05) is 17.2 Å². The summed E-state index contributed by atoms with van der Waals surface area (Å²) in [5.74, 6) is -7.65. The summed E-state index contributed by atoms with van der Waals surface area (Å²) in [6, 6.07) is 4.66. The summed E-state index contributed by atoms with van der Waals surface area (Å²) in [5, 5.41) is 54.4. The highest BCUT2D eigenvalue weighted by Gasteiger charge is 2.54. The third-order valence-corrected chi connectivity index (χ3v) is 11.3. The number of hydrazine groups is 1. The minimum absolute atomic E-state index is 0.0183. The molecule has 1 fully saturated rings. The van der Waals surface area contributed by atoms with Crippen LogP contribution in [0.3, 0.4) is 0 Å². The van der Waals surface area contributed by atoms with Crippen LogP contribution in [0.25, 0.3) is 0 Å². The number of thioether (sulfide) groups is 1. The van der Waals surface area contributed by atoms with Gasteiger partial charge in [-0.25, -0.2) is 18.2 Å². The van der Waals surface area contributed by atoms with E-state index in [0.29, 0.717) is 0 Å². The average molecular weight is 808 g/mol. The van der Waals surface area contributed by atoms with Gasteiger partial charge < -0.3 is 46.2 Å². The second-order valence-electron chi connectivity index (χ2n) is 11.8. The molecule has 24 heteroatoms. The van der Waals surface area contributed by atoms with Crippen molar-refractivity contribution in [3.05, 3.63) is 64.5 Å². The molecule has 286 valence electrons. The molecular weight excluding hydrogens is 779 g/mol. The molecule has 1 aromatic heterocycles. The Morgan fingerprint density at radius 1 is 1.04 bits per heavy atom. The van der Waals surface area contributed by atoms with Crippen LogP contribution in [0.5, 0.6) is 23.0 Å². The number of phenolic OH excluding ortho intramolecular Hbond substituents is 4. The molecule has 2 aliphatic rings. The second-order valence-corrected chi connectivity index (χ2v) is 15.8. The lowest BCUT2D eigenvalue weighted by Crippen LogP contribution is -2.70. The van der Waals surface area contributed by atoms with E-state index in [-0.39, 0.29) is 27.7 Å². The van der Waals surface area contributed by atoms with Crippen molar-refractivity contribution in [3.63, 3.8) is 0 Å². The van der Waals surface area contributed by atoms with Crippen LogP contribution in [-0.2, 0) is 33.8 Å². The van der Waals surface area contributed by atoms with E-state index in [1.54, 1.807) is 0 Å². The Bertz CT molecular complexity index is 2240. The molecule has 0 bridgehead atoms. The molecule has 21 nitrogen and oxygen atoms in total. The molecular formula is C30H29N7O14S3. The summed E-state index contributed by atoms with van der Waals surface area (Å²) in [7, 11) is -4.26. The Labute approximate surface area is 312 Å². The molecule has 0 aliphatic carbocycles. The number of phenols is 4. The van der Waals surface area contributed by atoms with Crippen LogP contribution in [0.1, 0.15) is 29.9 Å². The number of nitrogen functional groups attached to an aromatic ring is 1. The maximum Gasteiger partial charge on any atom is 0.512 e. The molecule has 5 rings (SSSR count). The lowest BCUT2D eigenvalue weighted by molar-refractivity contribution is -0.148. The third-order valence-electron chi connectivity index (χ3n) is 7.55. The Kier molecular flexibility index (Phi) is 10.8. The summed E-state index contributed by atoms with van der Waals surface area (Å²) < 4.78 is 31.1. The Morgan fingerprint density at radius 3 is 2.31 bits per heavy atom. The maximum atomic E-state index is 13.6. The van der Waals surface area contributed by atoms with Crippen LogP contribution in [0.15, 0.2) is 63.3 Å². The first kappa shape index (κ1) is 38.9. The van der Waals surface area contributed by atoms with Crippen molar-refractivity contribution >= 4 is 73.6 Å². The zero-order valence-electron chi connectivity index (χ0n) is 27.7. The molecule has 0 radical (unpaired) electrons. The van der Waals surface area contributed by atoms with Gasteiger partial charge in [0, 0.05) is 28.3 Å². The number of anilines is 1. The standard InChI is InChI=1S/C30H29N7O14S3/c1-30(2,27(45)35-34-22(42)12-3-5-16(38)18(40)7-12)51-36-20(15-10-53-28(31)32-15)23(43)33-21-24(44)37-25(50-29(46)47)13(9-52-26(21)37)11-54(48,49)14-4-6-17(39)19(41)8-14/h3-8,10,21,26,38-41H,9,11H2,1-2H3,(H2,31,32)(H,33,43)(H,34,42)(H,35,45)(H,46,47)/b36-20-/t21-,26-/m1/s1. The fraction of sp³-hybridized carbons (Fsp3) is 0.233. The zero-order chi connectivity index (χ0) is 39.7. The first-order valence-corrected chi connectivity index (χ1v) is 18.6. The number of carbonyl (C=O) groups excluding carboxylic acids is 4. The fourth-order valence-electron chi connectivity index (χ4n) is 4.73. The number of ether oxygens (including phenoxy) is 1. The van der Waals surface area contributed by atoms with Crippen LogP contribution in [0.2, 0.25) is 0 Å². The normalized spacial score (nSPS) is 17.2. The van der Waals surface area contributed by atoms with Crippen molar-refractivity contribution < 1.29 is 67.5 Å². The van der Waals surface area contributed by atoms with Gasteiger partial charge in [-0.2, -0.15) is 0 Å². The molecule has 10 N–H and O–H groups in total. The number of aromatic hydroxyl groups is 4. The number of rotatable bonds is 11. The van der Waals surface area contributed by atoms with E-state index in [0.717, 1.165) is 58.3 Å². The number of carbonyl (C=O) groups is 5. The number of nitrogens with two attached hydrogens (primary N) is 1. The highest BCUT2D eigenvalue weighted by Crippen LogP contribution is 2.42. The minimum atomic E-state index is -4.26. The van der Waals surface area contributed by atoms with Gasteiger partial charge >= 0.3 is 6.16 Å². The number of carboxylic acid groups (broad SMARTS) is 1. The SMILES string of the molecule is CC(C)(O/N=C(\C(=O)N[C@@H]1C(=O)N2C(OC(=O)O)=C(CS(=O)(=O)c3ccc(O)c(O)c3)CS[C@H]12)c1csc(N)n1)C(=O)NNC(=O)c1ccc(O)c(O)c1. The fourth-order valence-corrected chi connectivity index (χ4v) is 8.15. The first-order chi connectivity index (χ1) is 25.3. The summed E-state index contributed by atoms with van der Waals surface area (Å²) in [4.78, 5) is 73.7. The van der Waals surface area contributed by atoms with Crippen LogP contribution in [0.4, 0.5) is 9.93 Å². The number of aromatic nitrogens is 1. The topological polar surface area (TPSA) is 330 Å². The van der Waals surface area contributed by atoms with Crippen LogP contribution in [-0.4, -0.2) is 108 Å². The van der Waals surface area contributed by atoms with Crippen molar-refractivity contribution in [1.82, 2.24) is 26.1 Å². The second kappa shape index (κ2) is 15.0. The van der Waals surface area contributed by atoms with E-state index in [9.17, 15) is 57.9 Å². The van der Waals surface area contributed by atoms with E-state index < -0.39 is 102 Å². The Morgan fingerprint density at radius 2 is 1.70 bits per heavy atom. The lowest BCUT2D eigenvalue weighted by Gasteiger charge is -2.49. The van der Waals surface area contributed by atoms with Gasteiger partial charge in [-0.3, -0.25) is 34.9 Å². The zero-order valence-corrected chi connectivity index (χ0v) is 30.1. The van der Waals surface area contributed by atoms with Crippen molar-refractivity contribution in [1.29, 1.82) is 0 Å². The molecule has 4 amide bonds. The van der Waals surface area contributed by atoms with Crippen LogP contribution in [0, 0.1) is 0 Å². The van der Waals surface area contributed by atoms with Crippen molar-refractivity contribution in [2.24, 2.45) is 5.16 Å². The highest BCUT2D eigenvalue weighted by molar-refractivity contribution is 8.00. The number of thiazole rings is 1. The van der Waals surface area contributed by atoms with Gasteiger partial charge in [0.25, 0.3) is 23.6 Å². The van der Waals surface area contributed by atoms with Crippen LogP contribution < -0.4 is 21.9 Å². The van der Waals surface area contributed by atoms with Gasteiger partial charge in [-0.15, -0.1) is 23.1 Å². The van der Waals surface area contributed by atoms with E-state index in [1.807, 2.05) is 0 Å². The van der Waals surface area contributed by atoms with Gasteiger partial charge in [0.1, 0.15) is 17.1 Å². The number of benzene rings is 2. The number of β-lactam (4-membered cyclic amide) rings is 1. The summed E-state index contributed by atoms with van der Waals surface area (Å²) in [5.41, 5.74) is 7.19. The smallest absolute Gasteiger partial charge is 0.504 e. The van der Waals surface area contributed by atoms with Gasteiger partial charge in [0.15, 0.2) is 43.7 Å². The molecule has 3 heterocycles.